The minimum absolute atomic E-state index is 0.264. The number of aliphatic hydroxyl groups is 1. The third-order valence-electron chi connectivity index (χ3n) is 1.91. The van der Waals surface area contributed by atoms with Crippen LogP contribution in [0.1, 0.15) is 24.5 Å². The molecular formula is C8H15N3O. The van der Waals surface area contributed by atoms with Crippen molar-refractivity contribution in [1.29, 1.82) is 0 Å². The summed E-state index contributed by atoms with van der Waals surface area (Å²) in [7, 11) is 0. The van der Waals surface area contributed by atoms with Crippen molar-refractivity contribution in [3.8, 4) is 0 Å². The van der Waals surface area contributed by atoms with E-state index in [1.807, 2.05) is 13.8 Å². The highest BCUT2D eigenvalue weighted by Crippen LogP contribution is 2.02. The summed E-state index contributed by atoms with van der Waals surface area (Å²) in [6, 6.07) is 0. The third-order valence-corrected chi connectivity index (χ3v) is 1.91. The van der Waals surface area contributed by atoms with Crippen LogP contribution in [-0.4, -0.2) is 26.5 Å². The first-order valence-corrected chi connectivity index (χ1v) is 4.23. The summed E-state index contributed by atoms with van der Waals surface area (Å²) in [5.74, 6) is 1.90. The summed E-state index contributed by atoms with van der Waals surface area (Å²) in [5, 5.41) is 16.5. The first-order chi connectivity index (χ1) is 5.75. The quantitative estimate of drug-likeness (QED) is 0.674. The van der Waals surface area contributed by atoms with Crippen LogP contribution in [0.15, 0.2) is 0 Å². The molecule has 0 saturated carbocycles. The van der Waals surface area contributed by atoms with Crippen molar-refractivity contribution >= 4 is 0 Å². The van der Waals surface area contributed by atoms with Gasteiger partial charge >= 0.3 is 0 Å². The van der Waals surface area contributed by atoms with Gasteiger partial charge in [0.1, 0.15) is 11.6 Å². The largest absolute Gasteiger partial charge is 0.396 e. The number of nitrogens with zero attached hydrogens (tertiary/aromatic N) is 3. The van der Waals surface area contributed by atoms with Gasteiger partial charge in [-0.15, -0.1) is 10.2 Å². The molecule has 0 aliphatic heterocycles. The minimum atomic E-state index is 0.264. The lowest BCUT2D eigenvalue weighted by Gasteiger charge is -2.04. The average molecular weight is 169 g/mol. The first-order valence-electron chi connectivity index (χ1n) is 4.23. The number of aryl methyl sites for hydroxylation is 2. The van der Waals surface area contributed by atoms with Gasteiger partial charge in [0.2, 0.25) is 0 Å². The molecule has 0 saturated heterocycles. The molecule has 12 heavy (non-hydrogen) atoms. The van der Waals surface area contributed by atoms with E-state index in [-0.39, 0.29) is 6.61 Å². The molecule has 0 radical (unpaired) electrons. The Hall–Kier alpha value is -0.900. The van der Waals surface area contributed by atoms with Gasteiger partial charge in [-0.1, -0.05) is 0 Å². The Morgan fingerprint density at radius 3 is 2.25 bits per heavy atom. The molecule has 4 nitrogen and oxygen atoms in total. The number of unbranched alkanes of at least 4 members (excludes halogenated alkanes) is 1. The van der Waals surface area contributed by atoms with E-state index in [1.54, 1.807) is 0 Å². The first kappa shape index (κ1) is 9.19. The Kier molecular flexibility index (Phi) is 3.22. The fraction of sp³-hybridized carbons (Fsp3) is 0.750. The minimum Gasteiger partial charge on any atom is -0.396 e. The van der Waals surface area contributed by atoms with Crippen molar-refractivity contribution in [3.05, 3.63) is 11.6 Å². The predicted octanol–water partition coefficient (Wildman–Crippen LogP) is 0.667. The maximum absolute atomic E-state index is 8.59. The van der Waals surface area contributed by atoms with E-state index in [0.29, 0.717) is 0 Å². The molecule has 68 valence electrons. The number of aromatic nitrogens is 3. The second-order valence-corrected chi connectivity index (χ2v) is 2.88. The molecule has 0 aromatic carbocycles. The van der Waals surface area contributed by atoms with Crippen LogP contribution in [0.4, 0.5) is 0 Å². The lowest BCUT2D eigenvalue weighted by atomic mass is 10.3. The van der Waals surface area contributed by atoms with Crippen molar-refractivity contribution in [2.24, 2.45) is 0 Å². The Labute approximate surface area is 72.2 Å². The maximum atomic E-state index is 8.59. The Bertz CT molecular complexity index is 225. The van der Waals surface area contributed by atoms with E-state index >= 15 is 0 Å². The molecule has 0 aliphatic rings. The molecule has 0 aliphatic carbocycles. The molecule has 0 bridgehead atoms. The Morgan fingerprint density at radius 2 is 1.75 bits per heavy atom. The molecule has 0 amide bonds. The van der Waals surface area contributed by atoms with Crippen LogP contribution in [0.25, 0.3) is 0 Å². The topological polar surface area (TPSA) is 50.9 Å². The highest BCUT2D eigenvalue weighted by molar-refractivity contribution is 4.90. The molecule has 1 rings (SSSR count). The number of aliphatic hydroxyl groups excluding tert-OH is 1. The van der Waals surface area contributed by atoms with E-state index in [9.17, 15) is 0 Å². The van der Waals surface area contributed by atoms with Crippen molar-refractivity contribution in [1.82, 2.24) is 14.8 Å². The lowest BCUT2D eigenvalue weighted by molar-refractivity contribution is 0.281. The smallest absolute Gasteiger partial charge is 0.129 e. The zero-order valence-electron chi connectivity index (χ0n) is 7.62. The molecule has 0 atom stereocenters. The van der Waals surface area contributed by atoms with Crippen molar-refractivity contribution in [2.75, 3.05) is 6.61 Å². The predicted molar refractivity (Wildman–Crippen MR) is 45.8 cm³/mol. The van der Waals surface area contributed by atoms with E-state index in [4.69, 9.17) is 5.11 Å². The summed E-state index contributed by atoms with van der Waals surface area (Å²) >= 11 is 0. The zero-order chi connectivity index (χ0) is 8.97. The van der Waals surface area contributed by atoms with Crippen LogP contribution in [0.5, 0.6) is 0 Å². The summed E-state index contributed by atoms with van der Waals surface area (Å²) in [5.41, 5.74) is 0. The van der Waals surface area contributed by atoms with Gasteiger partial charge in [-0.3, -0.25) is 0 Å². The van der Waals surface area contributed by atoms with Gasteiger partial charge in [0.15, 0.2) is 0 Å². The second-order valence-electron chi connectivity index (χ2n) is 2.88. The number of hydrogen-bond donors (Lipinski definition) is 1. The standard InChI is InChI=1S/C8H15N3O/c1-7-9-10-8(2)11(7)5-3-4-6-12/h12H,3-6H2,1-2H3. The molecule has 1 aromatic rings. The molecule has 0 fully saturated rings. The van der Waals surface area contributed by atoms with Crippen molar-refractivity contribution < 1.29 is 5.11 Å². The van der Waals surface area contributed by atoms with Crippen LogP contribution in [0.2, 0.25) is 0 Å². The van der Waals surface area contributed by atoms with E-state index < -0.39 is 0 Å². The molecule has 4 heteroatoms. The molecular weight excluding hydrogens is 154 g/mol. The highest BCUT2D eigenvalue weighted by atomic mass is 16.2. The van der Waals surface area contributed by atoms with Gasteiger partial charge in [-0.2, -0.15) is 0 Å². The SMILES string of the molecule is Cc1nnc(C)n1CCCCO. The van der Waals surface area contributed by atoms with Gasteiger partial charge in [-0.25, -0.2) is 0 Å². The summed E-state index contributed by atoms with van der Waals surface area (Å²) in [4.78, 5) is 0. The summed E-state index contributed by atoms with van der Waals surface area (Å²) < 4.78 is 2.07. The fourth-order valence-electron chi connectivity index (χ4n) is 1.19. The van der Waals surface area contributed by atoms with E-state index in [1.165, 1.54) is 0 Å². The Balaban J connectivity index is 2.50. The monoisotopic (exact) mass is 169 g/mol. The fourth-order valence-corrected chi connectivity index (χ4v) is 1.19. The normalized spacial score (nSPS) is 10.6. The van der Waals surface area contributed by atoms with E-state index in [2.05, 4.69) is 14.8 Å². The lowest BCUT2D eigenvalue weighted by Crippen LogP contribution is -2.03. The summed E-state index contributed by atoms with van der Waals surface area (Å²) in [6.07, 6.45) is 1.83. The van der Waals surface area contributed by atoms with Gasteiger partial charge in [0.25, 0.3) is 0 Å². The van der Waals surface area contributed by atoms with Gasteiger partial charge in [-0.05, 0) is 26.7 Å². The molecule has 1 heterocycles. The highest BCUT2D eigenvalue weighted by Gasteiger charge is 2.02. The van der Waals surface area contributed by atoms with Gasteiger partial charge in [0, 0.05) is 13.2 Å². The van der Waals surface area contributed by atoms with Crippen molar-refractivity contribution in [3.63, 3.8) is 0 Å². The van der Waals surface area contributed by atoms with Crippen LogP contribution in [-0.2, 0) is 6.54 Å². The van der Waals surface area contributed by atoms with Crippen LogP contribution < -0.4 is 0 Å². The van der Waals surface area contributed by atoms with Gasteiger partial charge < -0.3 is 9.67 Å². The van der Waals surface area contributed by atoms with Crippen LogP contribution in [0.3, 0.4) is 0 Å². The summed E-state index contributed by atoms with van der Waals surface area (Å²) in [6.45, 7) is 5.06. The van der Waals surface area contributed by atoms with E-state index in [0.717, 1.165) is 31.0 Å². The van der Waals surface area contributed by atoms with Crippen LogP contribution in [0, 0.1) is 13.8 Å². The second kappa shape index (κ2) is 4.21. The number of hydrogen-bond acceptors (Lipinski definition) is 3. The Morgan fingerprint density at radius 1 is 1.17 bits per heavy atom. The molecule has 0 spiro atoms. The molecule has 1 aromatic heterocycles. The van der Waals surface area contributed by atoms with Crippen molar-refractivity contribution in [2.45, 2.75) is 33.2 Å². The molecule has 1 N–H and O–H groups in total. The van der Waals surface area contributed by atoms with Gasteiger partial charge in [0.05, 0.1) is 0 Å². The maximum Gasteiger partial charge on any atom is 0.129 e. The third kappa shape index (κ3) is 2.04. The number of rotatable bonds is 4. The average Bonchev–Trinajstić information content (AvgIpc) is 2.35. The zero-order valence-corrected chi connectivity index (χ0v) is 7.62. The van der Waals surface area contributed by atoms with Crippen LogP contribution >= 0.6 is 0 Å². The molecule has 0 unspecified atom stereocenters.